The Hall–Kier alpha value is -1.06. The van der Waals surface area contributed by atoms with Crippen LogP contribution in [0.2, 0.25) is 0 Å². The minimum absolute atomic E-state index is 0.0127. The van der Waals surface area contributed by atoms with Gasteiger partial charge in [-0.25, -0.2) is 0 Å². The third-order valence-corrected chi connectivity index (χ3v) is 4.01. The van der Waals surface area contributed by atoms with Crippen molar-refractivity contribution in [1.82, 2.24) is 0 Å². The van der Waals surface area contributed by atoms with Crippen LogP contribution in [-0.4, -0.2) is 25.2 Å². The van der Waals surface area contributed by atoms with E-state index >= 15 is 0 Å². The maximum atomic E-state index is 11.9. The van der Waals surface area contributed by atoms with Crippen molar-refractivity contribution in [2.45, 2.75) is 88.0 Å². The molecule has 0 rings (SSSR count). The summed E-state index contributed by atoms with van der Waals surface area (Å²) in [5.41, 5.74) is 0.427. The molecular weight excluding hydrogens is 328 g/mol. The molecule has 0 saturated carbocycles. The smallest absolute Gasteiger partial charge is 0.306 e. The zero-order valence-electron chi connectivity index (χ0n) is 18.6. The van der Waals surface area contributed by atoms with Crippen LogP contribution in [-0.2, 0) is 19.1 Å². The van der Waals surface area contributed by atoms with E-state index in [0.29, 0.717) is 37.9 Å². The second kappa shape index (κ2) is 10.9. The van der Waals surface area contributed by atoms with Gasteiger partial charge in [-0.15, -0.1) is 0 Å². The normalized spacial score (nSPS) is 15.9. The summed E-state index contributed by atoms with van der Waals surface area (Å²) in [4.78, 5) is 23.9. The minimum Gasteiger partial charge on any atom is -0.465 e. The van der Waals surface area contributed by atoms with Gasteiger partial charge in [0.2, 0.25) is 0 Å². The van der Waals surface area contributed by atoms with Crippen LogP contribution in [0.25, 0.3) is 0 Å². The molecule has 0 bridgehead atoms. The second-order valence-electron chi connectivity index (χ2n) is 10.6. The first-order chi connectivity index (χ1) is 11.7. The van der Waals surface area contributed by atoms with Gasteiger partial charge in [0.1, 0.15) is 0 Å². The van der Waals surface area contributed by atoms with Crippen LogP contribution in [0.15, 0.2) is 0 Å². The van der Waals surface area contributed by atoms with Gasteiger partial charge >= 0.3 is 11.9 Å². The van der Waals surface area contributed by atoms with Gasteiger partial charge in [-0.2, -0.15) is 0 Å². The highest BCUT2D eigenvalue weighted by Gasteiger charge is 2.20. The maximum Gasteiger partial charge on any atom is 0.306 e. The third kappa shape index (κ3) is 15.2. The van der Waals surface area contributed by atoms with E-state index in [-0.39, 0.29) is 28.7 Å². The Bertz CT molecular complexity index is 388. The van der Waals surface area contributed by atoms with Crippen LogP contribution < -0.4 is 0 Å². The van der Waals surface area contributed by atoms with Gasteiger partial charge in [0.15, 0.2) is 0 Å². The highest BCUT2D eigenvalue weighted by atomic mass is 16.5. The molecule has 0 radical (unpaired) electrons. The lowest BCUT2D eigenvalue weighted by Gasteiger charge is -2.23. The van der Waals surface area contributed by atoms with Crippen LogP contribution >= 0.6 is 0 Å². The molecule has 0 aromatic heterocycles. The number of carbonyl (C=O) groups is 2. The zero-order valence-corrected chi connectivity index (χ0v) is 18.6. The fourth-order valence-corrected chi connectivity index (χ4v) is 3.44. The molecule has 0 heterocycles. The molecule has 0 fully saturated rings. The Balaban J connectivity index is 3.99. The van der Waals surface area contributed by atoms with Gasteiger partial charge in [0, 0.05) is 18.8 Å². The van der Waals surface area contributed by atoms with Gasteiger partial charge in [0.25, 0.3) is 0 Å². The first-order valence-corrected chi connectivity index (χ1v) is 9.99. The van der Waals surface area contributed by atoms with Crippen molar-refractivity contribution >= 4 is 11.9 Å². The molecule has 0 N–H and O–H groups in total. The molecule has 2 unspecified atom stereocenters. The van der Waals surface area contributed by atoms with E-state index in [1.54, 1.807) is 0 Å². The molecular formula is C22H42O4. The molecule has 4 nitrogen and oxygen atoms in total. The molecule has 0 aromatic rings. The lowest BCUT2D eigenvalue weighted by molar-refractivity contribution is -0.149. The largest absolute Gasteiger partial charge is 0.465 e. The molecule has 26 heavy (non-hydrogen) atoms. The molecule has 0 saturated heterocycles. The van der Waals surface area contributed by atoms with Crippen molar-refractivity contribution in [3.63, 3.8) is 0 Å². The Morgan fingerprint density at radius 2 is 0.962 bits per heavy atom. The van der Waals surface area contributed by atoms with Gasteiger partial charge in [0.05, 0.1) is 13.2 Å². The van der Waals surface area contributed by atoms with E-state index in [4.69, 9.17) is 9.47 Å². The Kier molecular flexibility index (Phi) is 10.5. The number of esters is 2. The highest BCUT2D eigenvalue weighted by Crippen LogP contribution is 2.27. The van der Waals surface area contributed by atoms with Gasteiger partial charge < -0.3 is 9.47 Å². The summed E-state index contributed by atoms with van der Waals surface area (Å²) in [6, 6.07) is 0. The standard InChI is InChI=1S/C22H42O4/c1-16(12-21(4,5)6)10-19(23)25-14-18(3)15-26-20(24)11-17(2)13-22(7,8)9/h16-18H,10-15H2,1-9H3. The molecule has 154 valence electrons. The summed E-state index contributed by atoms with van der Waals surface area (Å²) in [5.74, 6) is 0.288. The lowest BCUT2D eigenvalue weighted by atomic mass is 9.84. The number of ether oxygens (including phenoxy) is 2. The summed E-state index contributed by atoms with van der Waals surface area (Å²) in [6.07, 6.45) is 2.85. The zero-order chi connectivity index (χ0) is 20.5. The molecule has 0 aliphatic heterocycles. The van der Waals surface area contributed by atoms with Crippen molar-refractivity contribution in [3.8, 4) is 0 Å². The molecule has 4 heteroatoms. The summed E-state index contributed by atoms with van der Waals surface area (Å²) in [7, 11) is 0. The van der Waals surface area contributed by atoms with Crippen molar-refractivity contribution in [2.24, 2.45) is 28.6 Å². The molecule has 0 amide bonds. The Morgan fingerprint density at radius 3 is 1.23 bits per heavy atom. The number of hydrogen-bond donors (Lipinski definition) is 0. The van der Waals surface area contributed by atoms with E-state index in [2.05, 4.69) is 55.4 Å². The van der Waals surface area contributed by atoms with Gasteiger partial charge in [-0.05, 0) is 35.5 Å². The van der Waals surface area contributed by atoms with Crippen LogP contribution in [0, 0.1) is 28.6 Å². The van der Waals surface area contributed by atoms with Crippen molar-refractivity contribution in [3.05, 3.63) is 0 Å². The summed E-state index contributed by atoms with van der Waals surface area (Å²) >= 11 is 0. The van der Waals surface area contributed by atoms with E-state index in [0.717, 1.165) is 12.8 Å². The molecule has 0 aliphatic rings. The monoisotopic (exact) mass is 370 g/mol. The van der Waals surface area contributed by atoms with Gasteiger partial charge in [-0.1, -0.05) is 62.3 Å². The van der Waals surface area contributed by atoms with Crippen LogP contribution in [0.3, 0.4) is 0 Å². The van der Waals surface area contributed by atoms with Crippen LogP contribution in [0.1, 0.15) is 88.0 Å². The van der Waals surface area contributed by atoms with E-state index in [1.165, 1.54) is 0 Å². The summed E-state index contributed by atoms with van der Waals surface area (Å²) < 4.78 is 10.7. The van der Waals surface area contributed by atoms with Crippen molar-refractivity contribution < 1.29 is 19.1 Å². The third-order valence-electron chi connectivity index (χ3n) is 4.01. The quantitative estimate of drug-likeness (QED) is 0.467. The molecule has 2 atom stereocenters. The number of rotatable bonds is 10. The predicted molar refractivity (Wildman–Crippen MR) is 107 cm³/mol. The predicted octanol–water partition coefficient (Wildman–Crippen LogP) is 5.63. The van der Waals surface area contributed by atoms with E-state index in [9.17, 15) is 9.59 Å². The Morgan fingerprint density at radius 1 is 0.654 bits per heavy atom. The molecule has 0 aliphatic carbocycles. The fourth-order valence-electron chi connectivity index (χ4n) is 3.44. The van der Waals surface area contributed by atoms with E-state index < -0.39 is 0 Å². The topological polar surface area (TPSA) is 52.6 Å². The summed E-state index contributed by atoms with van der Waals surface area (Å²) in [5, 5.41) is 0. The van der Waals surface area contributed by atoms with E-state index in [1.807, 2.05) is 6.92 Å². The lowest BCUT2D eigenvalue weighted by Crippen LogP contribution is -2.21. The summed E-state index contributed by atoms with van der Waals surface area (Å²) in [6.45, 7) is 19.7. The first kappa shape index (κ1) is 24.9. The van der Waals surface area contributed by atoms with Crippen LogP contribution in [0.4, 0.5) is 0 Å². The SMILES string of the molecule is CC(COC(=O)CC(C)CC(C)(C)C)COC(=O)CC(C)CC(C)(C)C. The average Bonchev–Trinajstić information content (AvgIpc) is 2.38. The fraction of sp³-hybridized carbons (Fsp3) is 0.909. The first-order valence-electron chi connectivity index (χ1n) is 9.99. The van der Waals surface area contributed by atoms with Crippen molar-refractivity contribution in [2.75, 3.05) is 13.2 Å². The second-order valence-corrected chi connectivity index (χ2v) is 10.6. The maximum absolute atomic E-state index is 11.9. The molecule has 0 spiro atoms. The number of hydrogen-bond acceptors (Lipinski definition) is 4. The minimum atomic E-state index is -0.168. The average molecular weight is 371 g/mol. The number of carbonyl (C=O) groups excluding carboxylic acids is 2. The van der Waals surface area contributed by atoms with Gasteiger partial charge in [-0.3, -0.25) is 9.59 Å². The molecule has 0 aromatic carbocycles. The van der Waals surface area contributed by atoms with Crippen LogP contribution in [0.5, 0.6) is 0 Å². The Labute approximate surface area is 161 Å². The highest BCUT2D eigenvalue weighted by molar-refractivity contribution is 5.70. The van der Waals surface area contributed by atoms with Crippen molar-refractivity contribution in [1.29, 1.82) is 0 Å².